The third kappa shape index (κ3) is 6.75. The summed E-state index contributed by atoms with van der Waals surface area (Å²) in [6.07, 6.45) is 0. The van der Waals surface area contributed by atoms with Crippen LogP contribution in [0.3, 0.4) is 0 Å². The summed E-state index contributed by atoms with van der Waals surface area (Å²) in [7, 11) is 1.41. The van der Waals surface area contributed by atoms with E-state index in [1.807, 2.05) is 36.4 Å². The highest BCUT2D eigenvalue weighted by molar-refractivity contribution is 6.04. The molecule has 0 aliphatic rings. The van der Waals surface area contributed by atoms with Crippen molar-refractivity contribution in [3.05, 3.63) is 120 Å². The van der Waals surface area contributed by atoms with Crippen molar-refractivity contribution in [1.29, 1.82) is 0 Å². The zero-order chi connectivity index (χ0) is 27.7. The van der Waals surface area contributed by atoms with Crippen LogP contribution >= 0.6 is 0 Å². The minimum absolute atomic E-state index is 0.0160. The number of hydrogen-bond acceptors (Lipinski definition) is 8. The first kappa shape index (κ1) is 25.9. The van der Waals surface area contributed by atoms with Crippen LogP contribution in [0.25, 0.3) is 0 Å². The third-order valence-corrected chi connectivity index (χ3v) is 5.47. The second kappa shape index (κ2) is 12.2. The highest BCUT2D eigenvalue weighted by Gasteiger charge is 2.13. The molecule has 0 saturated carbocycles. The molecule has 5 rings (SSSR count). The standard InChI is InChI=1S/C30H23N5O5/c1-38-28-33-29(39-24-16-12-20(13-17-24)26(36)31-22-8-4-2-5-9-22)35-30(34-28)40-25-18-14-21(15-19-25)27(37)32-23-10-6-3-7-11-23/h2-19H,1H3,(H,31,36)(H,32,37). The molecule has 0 radical (unpaired) electrons. The van der Waals surface area contributed by atoms with Gasteiger partial charge in [0, 0.05) is 22.5 Å². The van der Waals surface area contributed by atoms with Gasteiger partial charge in [-0.15, -0.1) is 15.0 Å². The Labute approximate surface area is 229 Å². The van der Waals surface area contributed by atoms with E-state index in [1.54, 1.807) is 72.8 Å². The molecule has 10 nitrogen and oxygen atoms in total. The maximum atomic E-state index is 12.5. The molecular weight excluding hydrogens is 510 g/mol. The maximum Gasteiger partial charge on any atom is 0.331 e. The Hall–Kier alpha value is -5.77. The number of anilines is 2. The summed E-state index contributed by atoms with van der Waals surface area (Å²) in [5.41, 5.74) is 2.30. The number of nitrogens with zero attached hydrogens (tertiary/aromatic N) is 3. The summed E-state index contributed by atoms with van der Waals surface area (Å²) in [5.74, 6) is 0.283. The normalized spacial score (nSPS) is 10.3. The molecule has 0 unspecified atom stereocenters. The van der Waals surface area contributed by atoms with Crippen molar-refractivity contribution in [3.63, 3.8) is 0 Å². The lowest BCUT2D eigenvalue weighted by molar-refractivity contribution is 0.101. The molecule has 1 aromatic heterocycles. The van der Waals surface area contributed by atoms with Gasteiger partial charge in [-0.2, -0.15) is 0 Å². The van der Waals surface area contributed by atoms with E-state index >= 15 is 0 Å². The Morgan fingerprint density at radius 3 is 1.27 bits per heavy atom. The predicted octanol–water partition coefficient (Wildman–Crippen LogP) is 5.97. The molecule has 0 spiro atoms. The third-order valence-electron chi connectivity index (χ3n) is 5.47. The average molecular weight is 534 g/mol. The van der Waals surface area contributed by atoms with Crippen LogP contribution in [-0.4, -0.2) is 33.9 Å². The van der Waals surface area contributed by atoms with Gasteiger partial charge in [0.1, 0.15) is 11.5 Å². The summed E-state index contributed by atoms with van der Waals surface area (Å²) < 4.78 is 16.7. The highest BCUT2D eigenvalue weighted by Crippen LogP contribution is 2.25. The monoisotopic (exact) mass is 533 g/mol. The van der Waals surface area contributed by atoms with Crippen LogP contribution in [0.4, 0.5) is 11.4 Å². The number of hydrogen-bond donors (Lipinski definition) is 2. The van der Waals surface area contributed by atoms with Crippen molar-refractivity contribution in [2.24, 2.45) is 0 Å². The summed E-state index contributed by atoms with van der Waals surface area (Å²) in [6, 6.07) is 31.2. The van der Waals surface area contributed by atoms with Crippen LogP contribution in [0.5, 0.6) is 29.5 Å². The van der Waals surface area contributed by atoms with Crippen LogP contribution in [0.1, 0.15) is 20.7 Å². The van der Waals surface area contributed by atoms with Crippen molar-refractivity contribution < 1.29 is 23.8 Å². The van der Waals surface area contributed by atoms with Crippen molar-refractivity contribution in [1.82, 2.24) is 15.0 Å². The molecule has 40 heavy (non-hydrogen) atoms. The summed E-state index contributed by atoms with van der Waals surface area (Å²) in [4.78, 5) is 37.4. The minimum Gasteiger partial charge on any atom is -0.467 e. The first-order chi connectivity index (χ1) is 19.6. The first-order valence-electron chi connectivity index (χ1n) is 12.1. The topological polar surface area (TPSA) is 125 Å². The molecule has 10 heteroatoms. The van der Waals surface area contributed by atoms with Gasteiger partial charge in [-0.05, 0) is 72.8 Å². The average Bonchev–Trinajstić information content (AvgIpc) is 2.99. The number of rotatable bonds is 9. The van der Waals surface area contributed by atoms with Crippen LogP contribution in [0, 0.1) is 0 Å². The second-order valence-corrected chi connectivity index (χ2v) is 8.28. The number of carbonyl (C=O) groups is 2. The van der Waals surface area contributed by atoms with Gasteiger partial charge in [0.2, 0.25) is 0 Å². The zero-order valence-corrected chi connectivity index (χ0v) is 21.3. The van der Waals surface area contributed by atoms with Gasteiger partial charge < -0.3 is 24.8 Å². The molecular formula is C30H23N5O5. The van der Waals surface area contributed by atoms with Gasteiger partial charge in [0.05, 0.1) is 7.11 Å². The molecule has 2 amide bonds. The fourth-order valence-corrected chi connectivity index (χ4v) is 3.51. The van der Waals surface area contributed by atoms with Crippen molar-refractivity contribution in [2.45, 2.75) is 0 Å². The van der Waals surface area contributed by atoms with Gasteiger partial charge in [-0.1, -0.05) is 36.4 Å². The SMILES string of the molecule is COc1nc(Oc2ccc(C(=O)Nc3ccccc3)cc2)nc(Oc2ccc(C(=O)Nc3ccccc3)cc2)n1. The number of para-hydroxylation sites is 2. The maximum absolute atomic E-state index is 12.5. The molecule has 0 fully saturated rings. The molecule has 0 bridgehead atoms. The van der Waals surface area contributed by atoms with E-state index in [9.17, 15) is 9.59 Å². The van der Waals surface area contributed by atoms with Gasteiger partial charge in [-0.3, -0.25) is 9.59 Å². The molecule has 0 aliphatic carbocycles. The Balaban J connectivity index is 1.24. The Morgan fingerprint density at radius 1 is 0.525 bits per heavy atom. The number of nitrogens with one attached hydrogen (secondary N) is 2. The number of aromatic nitrogens is 3. The number of methoxy groups -OCH3 is 1. The molecule has 1 heterocycles. The quantitative estimate of drug-likeness (QED) is 0.237. The Kier molecular flexibility index (Phi) is 7.88. The lowest BCUT2D eigenvalue weighted by atomic mass is 10.2. The molecule has 4 aromatic carbocycles. The van der Waals surface area contributed by atoms with Gasteiger partial charge in [0.15, 0.2) is 0 Å². The van der Waals surface area contributed by atoms with Crippen LogP contribution in [-0.2, 0) is 0 Å². The highest BCUT2D eigenvalue weighted by atomic mass is 16.5. The van der Waals surface area contributed by atoms with E-state index < -0.39 is 0 Å². The minimum atomic E-state index is -0.251. The summed E-state index contributed by atoms with van der Waals surface area (Å²) in [6.45, 7) is 0. The van der Waals surface area contributed by atoms with E-state index in [4.69, 9.17) is 14.2 Å². The predicted molar refractivity (Wildman–Crippen MR) is 148 cm³/mol. The smallest absolute Gasteiger partial charge is 0.331 e. The van der Waals surface area contributed by atoms with E-state index in [0.29, 0.717) is 34.0 Å². The van der Waals surface area contributed by atoms with E-state index in [0.717, 1.165) is 0 Å². The Morgan fingerprint density at radius 2 is 0.900 bits per heavy atom. The van der Waals surface area contributed by atoms with Crippen molar-refractivity contribution >= 4 is 23.2 Å². The van der Waals surface area contributed by atoms with Crippen molar-refractivity contribution in [3.8, 4) is 29.5 Å². The van der Waals surface area contributed by atoms with Crippen LogP contribution in [0.2, 0.25) is 0 Å². The molecule has 0 atom stereocenters. The largest absolute Gasteiger partial charge is 0.467 e. The number of benzene rings is 4. The Bertz CT molecular complexity index is 1480. The van der Waals surface area contributed by atoms with Crippen LogP contribution in [0.15, 0.2) is 109 Å². The molecule has 198 valence electrons. The second-order valence-electron chi connectivity index (χ2n) is 8.28. The number of carbonyl (C=O) groups excluding carboxylic acids is 2. The van der Waals surface area contributed by atoms with Crippen LogP contribution < -0.4 is 24.8 Å². The molecule has 0 saturated heterocycles. The number of amides is 2. The lowest BCUT2D eigenvalue weighted by Crippen LogP contribution is -2.11. The summed E-state index contributed by atoms with van der Waals surface area (Å²) in [5, 5.41) is 5.65. The van der Waals surface area contributed by atoms with E-state index in [2.05, 4.69) is 25.6 Å². The molecule has 2 N–H and O–H groups in total. The fourth-order valence-electron chi connectivity index (χ4n) is 3.51. The zero-order valence-electron chi connectivity index (χ0n) is 21.3. The van der Waals surface area contributed by atoms with Gasteiger partial charge >= 0.3 is 18.0 Å². The first-order valence-corrected chi connectivity index (χ1v) is 12.1. The van der Waals surface area contributed by atoms with Gasteiger partial charge in [-0.25, -0.2) is 0 Å². The number of ether oxygens (including phenoxy) is 3. The lowest BCUT2D eigenvalue weighted by Gasteiger charge is -2.09. The molecule has 0 aliphatic heterocycles. The van der Waals surface area contributed by atoms with E-state index in [1.165, 1.54) is 7.11 Å². The fraction of sp³-hybridized carbons (Fsp3) is 0.0333. The van der Waals surface area contributed by atoms with Gasteiger partial charge in [0.25, 0.3) is 11.8 Å². The molecule has 5 aromatic rings. The van der Waals surface area contributed by atoms with E-state index in [-0.39, 0.29) is 29.8 Å². The summed E-state index contributed by atoms with van der Waals surface area (Å²) >= 11 is 0. The van der Waals surface area contributed by atoms with Crippen molar-refractivity contribution in [2.75, 3.05) is 17.7 Å².